The number of hydrogen-bond donors (Lipinski definition) is 1. The summed E-state index contributed by atoms with van der Waals surface area (Å²) in [7, 11) is 1.46. The molecule has 0 aromatic heterocycles. The monoisotopic (exact) mass is 272 g/mol. The number of nitrogens with zero attached hydrogens (tertiary/aromatic N) is 1. The van der Waals surface area contributed by atoms with Gasteiger partial charge < -0.3 is 15.4 Å². The van der Waals surface area contributed by atoms with Crippen molar-refractivity contribution in [1.29, 1.82) is 0 Å². The molecule has 0 amide bonds. The van der Waals surface area contributed by atoms with Gasteiger partial charge in [-0.1, -0.05) is 18.2 Å². The summed E-state index contributed by atoms with van der Waals surface area (Å²) in [6.45, 7) is 2.13. The van der Waals surface area contributed by atoms with E-state index in [0.717, 1.165) is 17.8 Å². The van der Waals surface area contributed by atoms with Gasteiger partial charge in [-0.2, -0.15) is 0 Å². The number of para-hydroxylation sites is 1. The molecular weight excluding hydrogens is 255 g/mol. The highest BCUT2D eigenvalue weighted by Crippen LogP contribution is 2.42. The van der Waals surface area contributed by atoms with Crippen molar-refractivity contribution in [3.63, 3.8) is 0 Å². The highest BCUT2D eigenvalue weighted by Gasteiger charge is 2.28. The molecule has 4 heteroatoms. The highest BCUT2D eigenvalue weighted by atomic mass is 19.1. The maximum atomic E-state index is 13.7. The minimum Gasteiger partial charge on any atom is -0.494 e. The van der Waals surface area contributed by atoms with Crippen LogP contribution in [-0.2, 0) is 6.42 Å². The van der Waals surface area contributed by atoms with E-state index >= 15 is 0 Å². The van der Waals surface area contributed by atoms with Crippen LogP contribution in [0.3, 0.4) is 0 Å². The number of rotatable bonds is 2. The van der Waals surface area contributed by atoms with Gasteiger partial charge in [0.25, 0.3) is 0 Å². The van der Waals surface area contributed by atoms with Crippen molar-refractivity contribution in [3.05, 3.63) is 47.8 Å². The predicted octanol–water partition coefficient (Wildman–Crippen LogP) is 3.50. The lowest BCUT2D eigenvalue weighted by Gasteiger charge is -2.27. The molecule has 3 rings (SSSR count). The third kappa shape index (κ3) is 1.88. The number of ether oxygens (including phenoxy) is 1. The van der Waals surface area contributed by atoms with E-state index in [0.29, 0.717) is 5.69 Å². The van der Waals surface area contributed by atoms with E-state index in [4.69, 9.17) is 10.5 Å². The molecule has 0 saturated carbocycles. The maximum Gasteiger partial charge on any atom is 0.167 e. The van der Waals surface area contributed by atoms with Crippen LogP contribution in [0, 0.1) is 5.82 Å². The molecule has 20 heavy (non-hydrogen) atoms. The van der Waals surface area contributed by atoms with Crippen molar-refractivity contribution in [3.8, 4) is 5.75 Å². The van der Waals surface area contributed by atoms with E-state index in [1.807, 2.05) is 12.1 Å². The Hall–Kier alpha value is -2.23. The second-order valence-electron chi connectivity index (χ2n) is 5.10. The van der Waals surface area contributed by atoms with Crippen molar-refractivity contribution >= 4 is 17.1 Å². The fraction of sp³-hybridized carbons (Fsp3) is 0.250. The Bertz CT molecular complexity index is 657. The molecule has 3 nitrogen and oxygen atoms in total. The van der Waals surface area contributed by atoms with Gasteiger partial charge in [-0.05, 0) is 25.0 Å². The molecule has 2 aromatic rings. The molecule has 2 aromatic carbocycles. The number of fused-ring (bicyclic) bond motifs is 1. The third-order valence-electron chi connectivity index (χ3n) is 3.77. The number of nitrogens with two attached hydrogens (primary N) is 1. The Morgan fingerprint density at radius 1 is 1.25 bits per heavy atom. The van der Waals surface area contributed by atoms with Crippen molar-refractivity contribution in [2.24, 2.45) is 0 Å². The summed E-state index contributed by atoms with van der Waals surface area (Å²) >= 11 is 0. The average Bonchev–Trinajstić information content (AvgIpc) is 2.75. The van der Waals surface area contributed by atoms with E-state index in [1.54, 1.807) is 6.07 Å². The van der Waals surface area contributed by atoms with E-state index in [2.05, 4.69) is 24.0 Å². The third-order valence-corrected chi connectivity index (χ3v) is 3.77. The molecular formula is C16H17FN2O. The number of anilines is 3. The van der Waals surface area contributed by atoms with Crippen LogP contribution >= 0.6 is 0 Å². The Labute approximate surface area is 117 Å². The molecule has 1 aliphatic rings. The van der Waals surface area contributed by atoms with Gasteiger partial charge >= 0.3 is 0 Å². The number of halogens is 1. The molecule has 1 unspecified atom stereocenters. The highest BCUT2D eigenvalue weighted by molar-refractivity contribution is 5.80. The molecule has 0 bridgehead atoms. The molecule has 2 N–H and O–H groups in total. The zero-order valence-electron chi connectivity index (χ0n) is 11.6. The van der Waals surface area contributed by atoms with Crippen LogP contribution in [-0.4, -0.2) is 13.2 Å². The van der Waals surface area contributed by atoms with Gasteiger partial charge in [0.05, 0.1) is 18.5 Å². The van der Waals surface area contributed by atoms with Gasteiger partial charge in [-0.25, -0.2) is 4.39 Å². The summed E-state index contributed by atoms with van der Waals surface area (Å²) in [6, 6.07) is 11.5. The van der Waals surface area contributed by atoms with E-state index in [-0.39, 0.29) is 11.8 Å². The molecule has 0 fully saturated rings. The lowest BCUT2D eigenvalue weighted by molar-refractivity contribution is 0.387. The standard InChI is InChI=1S/C16H17FN2O/c1-10-7-11-5-3-4-6-14(11)19(10)15-9-16(20-2)12(17)8-13(15)18/h3-6,8-10H,7,18H2,1-2H3. The number of benzene rings is 2. The minimum absolute atomic E-state index is 0.214. The normalized spacial score (nSPS) is 17.1. The lowest BCUT2D eigenvalue weighted by Crippen LogP contribution is -2.24. The largest absolute Gasteiger partial charge is 0.494 e. The van der Waals surface area contributed by atoms with Crippen LogP contribution in [0.15, 0.2) is 36.4 Å². The van der Waals surface area contributed by atoms with Gasteiger partial charge in [-0.15, -0.1) is 0 Å². The first-order valence-corrected chi connectivity index (χ1v) is 6.62. The minimum atomic E-state index is -0.436. The molecule has 1 heterocycles. The van der Waals surface area contributed by atoms with E-state index in [9.17, 15) is 4.39 Å². The van der Waals surface area contributed by atoms with Crippen molar-refractivity contribution < 1.29 is 9.13 Å². The summed E-state index contributed by atoms with van der Waals surface area (Å²) < 4.78 is 18.8. The van der Waals surface area contributed by atoms with E-state index in [1.165, 1.54) is 18.7 Å². The van der Waals surface area contributed by atoms with Crippen LogP contribution in [0.2, 0.25) is 0 Å². The average molecular weight is 272 g/mol. The first-order chi connectivity index (χ1) is 9.61. The zero-order chi connectivity index (χ0) is 14.3. The summed E-state index contributed by atoms with van der Waals surface area (Å²) in [5.74, 6) is -0.223. The number of nitrogen functional groups attached to an aromatic ring is 1. The van der Waals surface area contributed by atoms with Crippen molar-refractivity contribution in [1.82, 2.24) is 0 Å². The van der Waals surface area contributed by atoms with Crippen LogP contribution in [0.4, 0.5) is 21.5 Å². The fourth-order valence-corrected chi connectivity index (χ4v) is 2.86. The topological polar surface area (TPSA) is 38.5 Å². The van der Waals surface area contributed by atoms with E-state index < -0.39 is 5.82 Å². The van der Waals surface area contributed by atoms with Crippen LogP contribution in [0.5, 0.6) is 5.75 Å². The Balaban J connectivity index is 2.14. The maximum absolute atomic E-state index is 13.7. The fourth-order valence-electron chi connectivity index (χ4n) is 2.86. The van der Waals surface area contributed by atoms with Crippen LogP contribution in [0.1, 0.15) is 12.5 Å². The SMILES string of the molecule is COc1cc(N2c3ccccc3CC2C)c(N)cc1F. The summed E-state index contributed by atoms with van der Waals surface area (Å²) in [5.41, 5.74) is 9.63. The first kappa shape index (κ1) is 12.8. The van der Waals surface area contributed by atoms with Gasteiger partial charge in [0, 0.05) is 23.9 Å². The Morgan fingerprint density at radius 3 is 2.75 bits per heavy atom. The smallest absolute Gasteiger partial charge is 0.167 e. The number of methoxy groups -OCH3 is 1. The molecule has 0 spiro atoms. The zero-order valence-corrected chi connectivity index (χ0v) is 11.6. The number of hydrogen-bond acceptors (Lipinski definition) is 3. The lowest BCUT2D eigenvalue weighted by atomic mass is 10.1. The quantitative estimate of drug-likeness (QED) is 0.850. The molecule has 1 atom stereocenters. The van der Waals surface area contributed by atoms with Crippen molar-refractivity contribution in [2.45, 2.75) is 19.4 Å². The second-order valence-corrected chi connectivity index (χ2v) is 5.10. The van der Waals surface area contributed by atoms with Crippen LogP contribution in [0.25, 0.3) is 0 Å². The predicted molar refractivity (Wildman–Crippen MR) is 79.1 cm³/mol. The molecule has 1 aliphatic heterocycles. The first-order valence-electron chi connectivity index (χ1n) is 6.62. The summed E-state index contributed by atoms with van der Waals surface area (Å²) in [5, 5.41) is 0. The molecule has 104 valence electrons. The Morgan fingerprint density at radius 2 is 2.00 bits per heavy atom. The summed E-state index contributed by atoms with van der Waals surface area (Å²) in [6.07, 6.45) is 0.954. The molecule has 0 saturated heterocycles. The van der Waals surface area contributed by atoms with Gasteiger partial charge in [-0.3, -0.25) is 0 Å². The molecule has 0 aliphatic carbocycles. The second kappa shape index (κ2) is 4.71. The summed E-state index contributed by atoms with van der Waals surface area (Å²) in [4.78, 5) is 2.15. The van der Waals surface area contributed by atoms with Crippen LogP contribution < -0.4 is 15.4 Å². The van der Waals surface area contributed by atoms with Gasteiger partial charge in [0.2, 0.25) is 0 Å². The van der Waals surface area contributed by atoms with Gasteiger partial charge in [0.1, 0.15) is 0 Å². The molecule has 0 radical (unpaired) electrons. The Kier molecular flexibility index (Phi) is 3.01. The van der Waals surface area contributed by atoms with Crippen molar-refractivity contribution in [2.75, 3.05) is 17.7 Å². The van der Waals surface area contributed by atoms with Gasteiger partial charge in [0.15, 0.2) is 11.6 Å².